The fourth-order valence-corrected chi connectivity index (χ4v) is 6.70. The van der Waals surface area contributed by atoms with Gasteiger partial charge in [0.2, 0.25) is 5.91 Å². The van der Waals surface area contributed by atoms with E-state index in [1.54, 1.807) is 28.6 Å². The normalized spacial score (nSPS) is 17.3. The smallest absolute Gasteiger partial charge is 0.223 e. The first-order valence-electron chi connectivity index (χ1n) is 10.3. The molecule has 0 radical (unpaired) electrons. The Balaban J connectivity index is 1.41. The topological polar surface area (TPSA) is 83.5 Å². The van der Waals surface area contributed by atoms with E-state index in [0.717, 1.165) is 16.9 Å². The molecule has 1 atom stereocenters. The number of aromatic nitrogens is 2. The molecule has 4 rings (SSSR count). The molecule has 9 heteroatoms. The van der Waals surface area contributed by atoms with Crippen molar-refractivity contribution in [2.45, 2.75) is 38.1 Å². The van der Waals surface area contributed by atoms with Crippen molar-refractivity contribution in [3.05, 3.63) is 47.1 Å². The predicted molar refractivity (Wildman–Crippen MR) is 123 cm³/mol. The average Bonchev–Trinajstić information content (AvgIpc) is 3.21. The van der Waals surface area contributed by atoms with E-state index in [9.17, 15) is 13.2 Å². The van der Waals surface area contributed by atoms with E-state index in [0.29, 0.717) is 29.9 Å². The quantitative estimate of drug-likeness (QED) is 0.584. The van der Waals surface area contributed by atoms with Crippen molar-refractivity contribution in [2.75, 3.05) is 30.3 Å². The molecule has 1 aliphatic rings. The average molecular weight is 459 g/mol. The van der Waals surface area contributed by atoms with Crippen LogP contribution in [-0.4, -0.2) is 60.6 Å². The number of rotatable bonds is 5. The van der Waals surface area contributed by atoms with E-state index in [1.807, 2.05) is 27.0 Å². The molecule has 0 spiro atoms. The first-order chi connectivity index (χ1) is 14.8. The number of sulfone groups is 1. The third kappa shape index (κ3) is 4.43. The van der Waals surface area contributed by atoms with E-state index in [-0.39, 0.29) is 29.0 Å². The molecule has 0 N–H and O–H groups in total. The number of amides is 1. The zero-order valence-electron chi connectivity index (χ0n) is 17.9. The van der Waals surface area contributed by atoms with Crippen LogP contribution >= 0.6 is 11.3 Å². The van der Waals surface area contributed by atoms with Gasteiger partial charge in [0.05, 0.1) is 26.4 Å². The third-order valence-corrected chi connectivity index (χ3v) is 8.43. The first-order valence-corrected chi connectivity index (χ1v) is 12.8. The monoisotopic (exact) mass is 458 g/mol. The van der Waals surface area contributed by atoms with Crippen molar-refractivity contribution in [3.8, 4) is 0 Å². The van der Waals surface area contributed by atoms with Crippen LogP contribution < -0.4 is 4.90 Å². The highest BCUT2D eigenvalue weighted by molar-refractivity contribution is 7.91. The summed E-state index contributed by atoms with van der Waals surface area (Å²) in [4.78, 5) is 25.9. The van der Waals surface area contributed by atoms with Crippen LogP contribution in [0.2, 0.25) is 0 Å². The largest absolute Gasteiger partial charge is 0.353 e. The Hall–Kier alpha value is -2.52. The van der Waals surface area contributed by atoms with Gasteiger partial charge in [-0.3, -0.25) is 4.79 Å². The number of thiazole rings is 1. The molecule has 2 aromatic heterocycles. The second-order valence-corrected chi connectivity index (χ2v) is 11.0. The molecular formula is C22H26N4O3S2. The highest BCUT2D eigenvalue weighted by Gasteiger charge is 2.30. The lowest BCUT2D eigenvalue weighted by atomic mass is 10.1. The minimum Gasteiger partial charge on any atom is -0.353 e. The summed E-state index contributed by atoms with van der Waals surface area (Å²) in [5.74, 6) is 0.625. The second-order valence-electron chi connectivity index (χ2n) is 8.06. The van der Waals surface area contributed by atoms with Crippen LogP contribution in [0.5, 0.6) is 0 Å². The van der Waals surface area contributed by atoms with Gasteiger partial charge in [0, 0.05) is 38.3 Å². The molecule has 1 aliphatic heterocycles. The molecule has 1 saturated heterocycles. The number of carbonyl (C=O) groups is 1. The van der Waals surface area contributed by atoms with E-state index >= 15 is 0 Å². The SMILES string of the molecule is Cc1cnc(N2CCN(C(=O)CCS(=O)(=O)c3cccc4ncsc34)[C@@H](C)C2)c(C)c1. The Morgan fingerprint density at radius 1 is 1.23 bits per heavy atom. The Kier molecular flexibility index (Phi) is 5.98. The number of pyridine rings is 1. The van der Waals surface area contributed by atoms with Gasteiger partial charge in [-0.25, -0.2) is 18.4 Å². The molecular weight excluding hydrogens is 432 g/mol. The fraction of sp³-hybridized carbons (Fsp3) is 0.409. The zero-order valence-corrected chi connectivity index (χ0v) is 19.5. The van der Waals surface area contributed by atoms with Crippen LogP contribution in [-0.2, 0) is 14.6 Å². The molecule has 0 unspecified atom stereocenters. The molecule has 7 nitrogen and oxygen atoms in total. The molecule has 164 valence electrons. The van der Waals surface area contributed by atoms with Crippen molar-refractivity contribution in [2.24, 2.45) is 0 Å². The minimum atomic E-state index is -3.57. The third-order valence-electron chi connectivity index (χ3n) is 5.67. The van der Waals surface area contributed by atoms with Gasteiger partial charge in [-0.15, -0.1) is 11.3 Å². The lowest BCUT2D eigenvalue weighted by molar-refractivity contribution is -0.133. The number of anilines is 1. The molecule has 0 aliphatic carbocycles. The summed E-state index contributed by atoms with van der Waals surface area (Å²) in [7, 11) is -3.57. The van der Waals surface area contributed by atoms with Crippen molar-refractivity contribution in [1.82, 2.24) is 14.9 Å². The Morgan fingerprint density at radius 2 is 2.03 bits per heavy atom. The summed E-state index contributed by atoms with van der Waals surface area (Å²) in [6.45, 7) is 7.98. The summed E-state index contributed by atoms with van der Waals surface area (Å²) in [6.07, 6.45) is 1.84. The van der Waals surface area contributed by atoms with Crippen molar-refractivity contribution >= 4 is 43.1 Å². The molecule has 1 aromatic carbocycles. The lowest BCUT2D eigenvalue weighted by Gasteiger charge is -2.41. The van der Waals surface area contributed by atoms with Gasteiger partial charge in [0.25, 0.3) is 0 Å². The Morgan fingerprint density at radius 3 is 2.77 bits per heavy atom. The van der Waals surface area contributed by atoms with E-state index in [2.05, 4.69) is 20.9 Å². The van der Waals surface area contributed by atoms with Crippen LogP contribution in [0.15, 0.2) is 40.9 Å². The van der Waals surface area contributed by atoms with Crippen LogP contribution in [0.4, 0.5) is 5.82 Å². The van der Waals surface area contributed by atoms with E-state index in [1.165, 1.54) is 11.3 Å². The maximum absolute atomic E-state index is 12.9. The van der Waals surface area contributed by atoms with Gasteiger partial charge in [0.15, 0.2) is 9.84 Å². The maximum Gasteiger partial charge on any atom is 0.223 e. The van der Waals surface area contributed by atoms with Crippen molar-refractivity contribution < 1.29 is 13.2 Å². The van der Waals surface area contributed by atoms with Crippen LogP contribution in [0.25, 0.3) is 10.2 Å². The van der Waals surface area contributed by atoms with Gasteiger partial charge < -0.3 is 9.80 Å². The predicted octanol–water partition coefficient (Wildman–Crippen LogP) is 3.21. The van der Waals surface area contributed by atoms with E-state index < -0.39 is 9.84 Å². The Labute approximate surface area is 186 Å². The summed E-state index contributed by atoms with van der Waals surface area (Å²) >= 11 is 1.31. The lowest BCUT2D eigenvalue weighted by Crippen LogP contribution is -2.54. The van der Waals surface area contributed by atoms with Crippen molar-refractivity contribution in [3.63, 3.8) is 0 Å². The summed E-state index contributed by atoms with van der Waals surface area (Å²) in [5.41, 5.74) is 4.55. The second kappa shape index (κ2) is 8.55. The number of aryl methyl sites for hydroxylation is 2. The van der Waals surface area contributed by atoms with Gasteiger partial charge in [-0.1, -0.05) is 12.1 Å². The summed E-state index contributed by atoms with van der Waals surface area (Å²) in [5, 5.41) is 0. The summed E-state index contributed by atoms with van der Waals surface area (Å²) < 4.78 is 26.5. The number of nitrogens with zero attached hydrogens (tertiary/aromatic N) is 4. The van der Waals surface area contributed by atoms with Gasteiger partial charge in [0.1, 0.15) is 5.82 Å². The molecule has 3 heterocycles. The molecule has 3 aromatic rings. The minimum absolute atomic E-state index is 0.0172. The van der Waals surface area contributed by atoms with Crippen molar-refractivity contribution in [1.29, 1.82) is 0 Å². The molecule has 1 fully saturated rings. The molecule has 0 bridgehead atoms. The summed E-state index contributed by atoms with van der Waals surface area (Å²) in [6, 6.07) is 7.18. The fourth-order valence-electron chi connectivity index (χ4n) is 4.14. The Bertz CT molecular complexity index is 1220. The van der Waals surface area contributed by atoms with Crippen LogP contribution in [0.3, 0.4) is 0 Å². The molecule has 1 amide bonds. The zero-order chi connectivity index (χ0) is 22.2. The van der Waals surface area contributed by atoms with Gasteiger partial charge in [-0.05, 0) is 44.0 Å². The number of piperazine rings is 1. The van der Waals surface area contributed by atoms with Crippen LogP contribution in [0.1, 0.15) is 24.5 Å². The number of fused-ring (bicyclic) bond motifs is 1. The highest BCUT2D eigenvalue weighted by Crippen LogP contribution is 2.27. The number of benzene rings is 1. The maximum atomic E-state index is 12.9. The number of hydrogen-bond acceptors (Lipinski definition) is 7. The first kappa shape index (κ1) is 21.7. The van der Waals surface area contributed by atoms with Crippen LogP contribution in [0, 0.1) is 13.8 Å². The molecule has 31 heavy (non-hydrogen) atoms. The number of hydrogen-bond donors (Lipinski definition) is 0. The highest BCUT2D eigenvalue weighted by atomic mass is 32.2. The van der Waals surface area contributed by atoms with E-state index in [4.69, 9.17) is 0 Å². The molecule has 0 saturated carbocycles. The van der Waals surface area contributed by atoms with Gasteiger partial charge >= 0.3 is 0 Å². The number of carbonyl (C=O) groups excluding carboxylic acids is 1. The van der Waals surface area contributed by atoms with Gasteiger partial charge in [-0.2, -0.15) is 0 Å². The standard InChI is InChI=1S/C22H26N4O3S2/c1-15-11-16(2)22(23-12-15)25-8-9-26(17(3)13-25)20(27)7-10-31(28,29)19-6-4-5-18-21(19)30-14-24-18/h4-6,11-12,14,17H,7-10,13H2,1-3H3/t17-/m0/s1.